The molecule has 5 heteroatoms. The van der Waals surface area contributed by atoms with Crippen molar-refractivity contribution >= 4 is 10.0 Å². The summed E-state index contributed by atoms with van der Waals surface area (Å²) in [5.41, 5.74) is 2.13. The van der Waals surface area contributed by atoms with Crippen molar-refractivity contribution in [3.05, 3.63) is 29.3 Å². The number of primary sulfonamides is 1. The lowest BCUT2D eigenvalue weighted by molar-refractivity contribution is 0.338. The van der Waals surface area contributed by atoms with E-state index in [0.29, 0.717) is 5.75 Å². The van der Waals surface area contributed by atoms with Crippen LogP contribution in [-0.4, -0.2) is 20.8 Å². The molecule has 84 valence electrons. The van der Waals surface area contributed by atoms with E-state index in [1.807, 2.05) is 32.0 Å². The van der Waals surface area contributed by atoms with Crippen molar-refractivity contribution in [2.75, 3.05) is 12.4 Å². The Balaban J connectivity index is 2.59. The second-order valence-corrected chi connectivity index (χ2v) is 5.22. The molecule has 0 unspecified atom stereocenters. The first-order valence-electron chi connectivity index (χ1n) is 4.59. The molecule has 1 rings (SSSR count). The molecular weight excluding hydrogens is 214 g/mol. The van der Waals surface area contributed by atoms with Gasteiger partial charge in [0, 0.05) is 0 Å². The van der Waals surface area contributed by atoms with Crippen molar-refractivity contribution in [2.45, 2.75) is 13.8 Å². The van der Waals surface area contributed by atoms with E-state index in [4.69, 9.17) is 9.88 Å². The standard InChI is InChI=1S/C10H15NO3S/c1-8-3-4-10(9(2)7-8)14-5-6-15(11,12)13/h3-4,7H,5-6H2,1-2H3,(H2,11,12,13). The molecule has 0 amide bonds. The molecule has 0 atom stereocenters. The molecule has 0 spiro atoms. The number of hydrogen-bond donors (Lipinski definition) is 1. The van der Waals surface area contributed by atoms with Crippen LogP contribution in [0.15, 0.2) is 18.2 Å². The van der Waals surface area contributed by atoms with E-state index < -0.39 is 10.0 Å². The molecule has 1 aromatic carbocycles. The lowest BCUT2D eigenvalue weighted by Gasteiger charge is -2.08. The molecule has 0 fully saturated rings. The van der Waals surface area contributed by atoms with Gasteiger partial charge in [-0.2, -0.15) is 0 Å². The highest BCUT2D eigenvalue weighted by Crippen LogP contribution is 2.18. The highest BCUT2D eigenvalue weighted by Gasteiger charge is 2.04. The van der Waals surface area contributed by atoms with Crippen molar-refractivity contribution in [1.82, 2.24) is 0 Å². The summed E-state index contributed by atoms with van der Waals surface area (Å²) in [5, 5.41) is 4.85. The molecule has 0 aliphatic carbocycles. The maximum Gasteiger partial charge on any atom is 0.212 e. The topological polar surface area (TPSA) is 69.4 Å². The van der Waals surface area contributed by atoms with Gasteiger partial charge in [-0.3, -0.25) is 0 Å². The van der Waals surface area contributed by atoms with Crippen LogP contribution in [0.2, 0.25) is 0 Å². The zero-order chi connectivity index (χ0) is 11.5. The average Bonchev–Trinajstić information content (AvgIpc) is 2.07. The monoisotopic (exact) mass is 229 g/mol. The van der Waals surface area contributed by atoms with E-state index in [0.717, 1.165) is 11.1 Å². The summed E-state index contributed by atoms with van der Waals surface area (Å²) in [7, 11) is -3.44. The number of sulfonamides is 1. The Morgan fingerprint density at radius 3 is 2.53 bits per heavy atom. The lowest BCUT2D eigenvalue weighted by atomic mass is 10.1. The Labute approximate surface area is 90.1 Å². The molecule has 0 aliphatic rings. The second kappa shape index (κ2) is 4.63. The van der Waals surface area contributed by atoms with Crippen molar-refractivity contribution in [3.63, 3.8) is 0 Å². The number of ether oxygens (including phenoxy) is 1. The Morgan fingerprint density at radius 1 is 1.33 bits per heavy atom. The highest BCUT2D eigenvalue weighted by atomic mass is 32.2. The van der Waals surface area contributed by atoms with Crippen LogP contribution < -0.4 is 9.88 Å². The van der Waals surface area contributed by atoms with Gasteiger partial charge in [-0.1, -0.05) is 17.7 Å². The number of hydrogen-bond acceptors (Lipinski definition) is 3. The van der Waals surface area contributed by atoms with Gasteiger partial charge in [0.2, 0.25) is 10.0 Å². The van der Waals surface area contributed by atoms with Gasteiger partial charge in [0.15, 0.2) is 0 Å². The van der Waals surface area contributed by atoms with Gasteiger partial charge in [-0.15, -0.1) is 0 Å². The van der Waals surface area contributed by atoms with Crippen LogP contribution in [0.1, 0.15) is 11.1 Å². The average molecular weight is 229 g/mol. The minimum absolute atomic E-state index is 0.0860. The van der Waals surface area contributed by atoms with E-state index in [1.165, 1.54) is 0 Å². The molecule has 0 aliphatic heterocycles. The Hall–Kier alpha value is -1.07. The molecule has 0 bridgehead atoms. The zero-order valence-electron chi connectivity index (χ0n) is 8.86. The predicted molar refractivity (Wildman–Crippen MR) is 59.4 cm³/mol. The molecule has 0 saturated carbocycles. The summed E-state index contributed by atoms with van der Waals surface area (Å²) in [4.78, 5) is 0. The first kappa shape index (κ1) is 12.0. The summed E-state index contributed by atoms with van der Waals surface area (Å²) in [5.74, 6) is 0.532. The summed E-state index contributed by atoms with van der Waals surface area (Å²) in [6, 6.07) is 5.72. The van der Waals surface area contributed by atoms with Crippen LogP contribution >= 0.6 is 0 Å². The molecule has 0 aromatic heterocycles. The lowest BCUT2D eigenvalue weighted by Crippen LogP contribution is -2.21. The maximum atomic E-state index is 10.7. The maximum absolute atomic E-state index is 10.7. The number of aryl methyl sites for hydroxylation is 2. The van der Waals surface area contributed by atoms with E-state index in [1.54, 1.807) is 0 Å². The van der Waals surface area contributed by atoms with Crippen molar-refractivity contribution in [2.24, 2.45) is 5.14 Å². The molecule has 4 nitrogen and oxygen atoms in total. The fourth-order valence-corrected chi connectivity index (χ4v) is 1.54. The van der Waals surface area contributed by atoms with Crippen LogP contribution in [-0.2, 0) is 10.0 Å². The Kier molecular flexibility index (Phi) is 3.71. The van der Waals surface area contributed by atoms with Gasteiger partial charge in [0.05, 0.1) is 5.75 Å². The van der Waals surface area contributed by atoms with Crippen LogP contribution in [0.25, 0.3) is 0 Å². The van der Waals surface area contributed by atoms with Crippen LogP contribution in [0, 0.1) is 13.8 Å². The molecule has 15 heavy (non-hydrogen) atoms. The first-order chi connectivity index (χ1) is 6.88. The second-order valence-electron chi connectivity index (χ2n) is 3.48. The quantitative estimate of drug-likeness (QED) is 0.836. The van der Waals surface area contributed by atoms with Crippen molar-refractivity contribution < 1.29 is 13.2 Å². The largest absolute Gasteiger partial charge is 0.492 e. The van der Waals surface area contributed by atoms with Gasteiger partial charge in [0.25, 0.3) is 0 Å². The van der Waals surface area contributed by atoms with Gasteiger partial charge in [0.1, 0.15) is 12.4 Å². The molecule has 0 saturated heterocycles. The number of nitrogens with two attached hydrogens (primary N) is 1. The van der Waals surface area contributed by atoms with Crippen LogP contribution in [0.5, 0.6) is 5.75 Å². The van der Waals surface area contributed by atoms with E-state index in [9.17, 15) is 8.42 Å². The van der Waals surface area contributed by atoms with Crippen LogP contribution in [0.4, 0.5) is 0 Å². The van der Waals surface area contributed by atoms with E-state index in [2.05, 4.69) is 0 Å². The molecule has 0 radical (unpaired) electrons. The van der Waals surface area contributed by atoms with Crippen LogP contribution in [0.3, 0.4) is 0 Å². The summed E-state index contributed by atoms with van der Waals surface area (Å²) in [6.07, 6.45) is 0. The van der Waals surface area contributed by atoms with E-state index in [-0.39, 0.29) is 12.4 Å². The predicted octanol–water partition coefficient (Wildman–Crippen LogP) is 0.971. The fraction of sp³-hybridized carbons (Fsp3) is 0.400. The first-order valence-corrected chi connectivity index (χ1v) is 6.30. The zero-order valence-corrected chi connectivity index (χ0v) is 9.67. The molecule has 1 aromatic rings. The summed E-state index contributed by atoms with van der Waals surface area (Å²) >= 11 is 0. The number of rotatable bonds is 4. The third-order valence-electron chi connectivity index (χ3n) is 1.96. The van der Waals surface area contributed by atoms with Gasteiger partial charge in [-0.05, 0) is 25.5 Å². The SMILES string of the molecule is Cc1ccc(OCCS(N)(=O)=O)c(C)c1. The normalized spacial score (nSPS) is 11.4. The highest BCUT2D eigenvalue weighted by molar-refractivity contribution is 7.89. The summed E-state index contributed by atoms with van der Waals surface area (Å²) in [6.45, 7) is 3.99. The minimum atomic E-state index is -3.44. The molecular formula is C10H15NO3S. The van der Waals surface area contributed by atoms with E-state index >= 15 is 0 Å². The number of benzene rings is 1. The molecule has 2 N–H and O–H groups in total. The van der Waals surface area contributed by atoms with Gasteiger partial charge in [-0.25, -0.2) is 13.6 Å². The third kappa shape index (κ3) is 4.31. The summed E-state index contributed by atoms with van der Waals surface area (Å²) < 4.78 is 26.6. The molecule has 0 heterocycles. The smallest absolute Gasteiger partial charge is 0.212 e. The van der Waals surface area contributed by atoms with Crippen molar-refractivity contribution in [1.29, 1.82) is 0 Å². The Bertz CT molecular complexity index is 440. The van der Waals surface area contributed by atoms with Gasteiger partial charge >= 0.3 is 0 Å². The van der Waals surface area contributed by atoms with Gasteiger partial charge < -0.3 is 4.74 Å². The third-order valence-corrected chi connectivity index (χ3v) is 2.69. The van der Waals surface area contributed by atoms with Crippen molar-refractivity contribution in [3.8, 4) is 5.75 Å². The Morgan fingerprint density at radius 2 is 2.00 bits per heavy atom. The minimum Gasteiger partial charge on any atom is -0.492 e. The fourth-order valence-electron chi connectivity index (χ4n) is 1.23.